The van der Waals surface area contributed by atoms with E-state index in [1.165, 1.54) is 32.5 Å². The minimum absolute atomic E-state index is 1.10. The van der Waals surface area contributed by atoms with E-state index in [2.05, 4.69) is 4.90 Å². The van der Waals surface area contributed by atoms with E-state index >= 15 is 0 Å². The van der Waals surface area contributed by atoms with Gasteiger partial charge < -0.3 is 4.90 Å². The molecule has 0 amide bonds. The Labute approximate surface area is 44.3 Å². The first kappa shape index (κ1) is 3.90. The zero-order valence-corrected chi connectivity index (χ0v) is 4.56. The van der Waals surface area contributed by atoms with Crippen LogP contribution < -0.4 is 0 Å². The molecule has 7 heavy (non-hydrogen) atoms. The number of hydrogen-bond acceptors (Lipinski definition) is 1. The van der Waals surface area contributed by atoms with Gasteiger partial charge in [0.15, 0.2) is 0 Å². The third-order valence-electron chi connectivity index (χ3n) is 2.22. The minimum Gasteiger partial charge on any atom is -0.303 e. The van der Waals surface area contributed by atoms with Crippen molar-refractivity contribution in [3.05, 3.63) is 0 Å². The Morgan fingerprint density at radius 3 is 2.00 bits per heavy atom. The van der Waals surface area contributed by atoms with Crippen LogP contribution in [0.25, 0.3) is 0 Å². The van der Waals surface area contributed by atoms with Crippen LogP contribution in [0.15, 0.2) is 0 Å². The van der Waals surface area contributed by atoms with Gasteiger partial charge in [-0.1, -0.05) is 0 Å². The largest absolute Gasteiger partial charge is 0.303 e. The molecule has 0 radical (unpaired) electrons. The standard InChI is InChI=1S/C6H11N/c1-3-7-4-2-6(1)5-7/h6H,1-5H2. The fraction of sp³-hybridized carbons (Fsp3) is 1.00. The fourth-order valence-electron chi connectivity index (χ4n) is 1.72. The molecule has 40 valence electrons. The van der Waals surface area contributed by atoms with Crippen LogP contribution in [0.5, 0.6) is 0 Å². The quantitative estimate of drug-likeness (QED) is 0.430. The second-order valence-electron chi connectivity index (χ2n) is 2.74. The van der Waals surface area contributed by atoms with Crippen molar-refractivity contribution in [2.24, 2.45) is 5.92 Å². The van der Waals surface area contributed by atoms with Gasteiger partial charge in [0.05, 0.1) is 0 Å². The lowest BCUT2D eigenvalue weighted by Crippen LogP contribution is -2.15. The van der Waals surface area contributed by atoms with Crippen LogP contribution in [0.2, 0.25) is 0 Å². The molecule has 0 atom stereocenters. The van der Waals surface area contributed by atoms with E-state index in [1.54, 1.807) is 0 Å². The Kier molecular flexibility index (Phi) is 0.680. The summed E-state index contributed by atoms with van der Waals surface area (Å²) in [6.07, 6.45) is 2.97. The molecule has 0 aromatic carbocycles. The number of hydrogen-bond donors (Lipinski definition) is 0. The van der Waals surface area contributed by atoms with E-state index < -0.39 is 0 Å². The van der Waals surface area contributed by atoms with Crippen LogP contribution in [0, 0.1) is 5.92 Å². The lowest BCUT2D eigenvalue weighted by molar-refractivity contribution is 0.368. The van der Waals surface area contributed by atoms with E-state index in [0.29, 0.717) is 0 Å². The van der Waals surface area contributed by atoms with Crippen molar-refractivity contribution in [1.82, 2.24) is 4.90 Å². The van der Waals surface area contributed by atoms with Gasteiger partial charge in [-0.3, -0.25) is 0 Å². The summed E-state index contributed by atoms with van der Waals surface area (Å²) in [6.45, 7) is 4.20. The highest BCUT2D eigenvalue weighted by Gasteiger charge is 2.28. The third-order valence-corrected chi connectivity index (χ3v) is 2.22. The minimum atomic E-state index is 1.10. The van der Waals surface area contributed by atoms with Crippen molar-refractivity contribution in [2.45, 2.75) is 12.8 Å². The van der Waals surface area contributed by atoms with Gasteiger partial charge >= 0.3 is 0 Å². The van der Waals surface area contributed by atoms with Crippen LogP contribution in [-0.2, 0) is 0 Å². The molecule has 0 aliphatic carbocycles. The highest BCUT2D eigenvalue weighted by molar-refractivity contribution is 4.82. The summed E-state index contributed by atoms with van der Waals surface area (Å²) in [7, 11) is 0. The summed E-state index contributed by atoms with van der Waals surface area (Å²) in [5.74, 6) is 1.10. The molecule has 0 saturated carbocycles. The summed E-state index contributed by atoms with van der Waals surface area (Å²) in [4.78, 5) is 2.56. The summed E-state index contributed by atoms with van der Waals surface area (Å²) >= 11 is 0. The fourth-order valence-corrected chi connectivity index (χ4v) is 1.72. The Balaban J connectivity index is 2.12. The van der Waals surface area contributed by atoms with Crippen molar-refractivity contribution in [3.8, 4) is 0 Å². The van der Waals surface area contributed by atoms with Crippen LogP contribution in [0.1, 0.15) is 12.8 Å². The van der Waals surface area contributed by atoms with Gasteiger partial charge in [-0.05, 0) is 31.8 Å². The zero-order valence-electron chi connectivity index (χ0n) is 4.56. The molecule has 2 bridgehead atoms. The molecule has 2 rings (SSSR count). The maximum Gasteiger partial charge on any atom is 0.00106 e. The molecule has 2 saturated heterocycles. The Morgan fingerprint density at radius 1 is 1.14 bits per heavy atom. The van der Waals surface area contributed by atoms with Crippen LogP contribution in [0.3, 0.4) is 0 Å². The highest BCUT2D eigenvalue weighted by Crippen LogP contribution is 2.26. The maximum atomic E-state index is 2.56. The Bertz CT molecular complexity index is 62.2. The van der Waals surface area contributed by atoms with Gasteiger partial charge in [-0.2, -0.15) is 0 Å². The number of piperidine rings is 1. The van der Waals surface area contributed by atoms with Crippen molar-refractivity contribution in [2.75, 3.05) is 19.6 Å². The van der Waals surface area contributed by atoms with Gasteiger partial charge in [0.25, 0.3) is 0 Å². The number of nitrogens with zero attached hydrogens (tertiary/aromatic N) is 1. The average Bonchev–Trinajstić information content (AvgIpc) is 2.22. The topological polar surface area (TPSA) is 3.24 Å². The highest BCUT2D eigenvalue weighted by atomic mass is 15.2. The van der Waals surface area contributed by atoms with E-state index in [9.17, 15) is 0 Å². The first-order valence-electron chi connectivity index (χ1n) is 3.17. The Hall–Kier alpha value is -0.0400. The predicted octanol–water partition coefficient (Wildman–Crippen LogP) is 0.712. The van der Waals surface area contributed by atoms with E-state index in [-0.39, 0.29) is 0 Å². The lowest BCUT2D eigenvalue weighted by atomic mass is 10.1. The molecule has 0 spiro atoms. The van der Waals surface area contributed by atoms with Crippen molar-refractivity contribution >= 4 is 0 Å². The molecular formula is C6H11N. The van der Waals surface area contributed by atoms with Crippen molar-refractivity contribution in [1.29, 1.82) is 0 Å². The van der Waals surface area contributed by atoms with Crippen molar-refractivity contribution < 1.29 is 0 Å². The molecule has 2 aliphatic heterocycles. The van der Waals surface area contributed by atoms with E-state index in [1.807, 2.05) is 0 Å². The summed E-state index contributed by atoms with van der Waals surface area (Å²) in [5, 5.41) is 0. The molecule has 2 fully saturated rings. The van der Waals surface area contributed by atoms with Gasteiger partial charge in [0.1, 0.15) is 0 Å². The van der Waals surface area contributed by atoms with Crippen LogP contribution in [0.4, 0.5) is 0 Å². The zero-order chi connectivity index (χ0) is 4.69. The third kappa shape index (κ3) is 0.480. The first-order valence-corrected chi connectivity index (χ1v) is 3.17. The molecule has 2 heterocycles. The summed E-state index contributed by atoms with van der Waals surface area (Å²) in [5.41, 5.74) is 0. The van der Waals surface area contributed by atoms with Gasteiger partial charge in [0.2, 0.25) is 0 Å². The monoisotopic (exact) mass is 97.1 g/mol. The molecule has 0 unspecified atom stereocenters. The lowest BCUT2D eigenvalue weighted by Gasteiger charge is -2.09. The SMILES string of the molecule is C1CN2CCC1C2. The normalized spacial score (nSPS) is 48.0. The predicted molar refractivity (Wildman–Crippen MR) is 29.2 cm³/mol. The molecule has 2 aliphatic rings. The van der Waals surface area contributed by atoms with Crippen LogP contribution in [-0.4, -0.2) is 24.5 Å². The van der Waals surface area contributed by atoms with Gasteiger partial charge in [-0.25, -0.2) is 0 Å². The molecule has 0 aromatic rings. The average molecular weight is 97.2 g/mol. The summed E-state index contributed by atoms with van der Waals surface area (Å²) < 4.78 is 0. The van der Waals surface area contributed by atoms with Crippen molar-refractivity contribution in [3.63, 3.8) is 0 Å². The summed E-state index contributed by atoms with van der Waals surface area (Å²) in [6, 6.07) is 0. The molecule has 0 N–H and O–H groups in total. The Morgan fingerprint density at radius 2 is 1.86 bits per heavy atom. The van der Waals surface area contributed by atoms with E-state index in [0.717, 1.165) is 5.92 Å². The maximum absolute atomic E-state index is 2.56. The number of fused-ring (bicyclic) bond motifs is 2. The van der Waals surface area contributed by atoms with Crippen LogP contribution >= 0.6 is 0 Å². The molecule has 0 aromatic heterocycles. The first-order chi connectivity index (χ1) is 3.45. The number of rotatable bonds is 0. The molecule has 1 heteroatoms. The second-order valence-corrected chi connectivity index (χ2v) is 2.74. The van der Waals surface area contributed by atoms with E-state index in [4.69, 9.17) is 0 Å². The smallest absolute Gasteiger partial charge is 0.00106 e. The molecular weight excluding hydrogens is 86.1 g/mol. The molecule has 1 nitrogen and oxygen atoms in total. The van der Waals surface area contributed by atoms with Gasteiger partial charge in [-0.15, -0.1) is 0 Å². The second kappa shape index (κ2) is 1.22. The van der Waals surface area contributed by atoms with Gasteiger partial charge in [0, 0.05) is 6.54 Å².